The number of benzene rings is 2. The molecule has 0 fully saturated rings. The van der Waals surface area contributed by atoms with Crippen LogP contribution in [0.3, 0.4) is 0 Å². The second-order valence-electron chi connectivity index (χ2n) is 5.25. The number of ether oxygens (including phenoxy) is 3. The van der Waals surface area contributed by atoms with Crippen molar-refractivity contribution in [2.24, 2.45) is 5.10 Å². The summed E-state index contributed by atoms with van der Waals surface area (Å²) in [6, 6.07) is 8.51. The molecule has 2 N–H and O–H groups in total. The van der Waals surface area contributed by atoms with Crippen molar-refractivity contribution in [2.75, 3.05) is 26.6 Å². The monoisotopic (exact) mass is 421 g/mol. The van der Waals surface area contributed by atoms with Crippen molar-refractivity contribution in [3.8, 4) is 17.2 Å². The van der Waals surface area contributed by atoms with Crippen LogP contribution in [0.5, 0.6) is 17.2 Å². The quantitative estimate of drug-likeness (QED) is 0.546. The van der Waals surface area contributed by atoms with Gasteiger partial charge >= 0.3 is 6.03 Å². The lowest BCUT2D eigenvalue weighted by molar-refractivity contribution is 0.252. The predicted octanol–water partition coefficient (Wildman–Crippen LogP) is 3.94. The highest BCUT2D eigenvalue weighted by molar-refractivity contribution is 9.10. The summed E-state index contributed by atoms with van der Waals surface area (Å²) in [6.07, 6.45) is 1.48. The molecule has 0 heterocycles. The van der Waals surface area contributed by atoms with E-state index < -0.39 is 6.03 Å². The van der Waals surface area contributed by atoms with Crippen LogP contribution in [0.4, 0.5) is 10.5 Å². The number of hydrogen-bond acceptors (Lipinski definition) is 5. The van der Waals surface area contributed by atoms with Gasteiger partial charge in [0, 0.05) is 15.7 Å². The van der Waals surface area contributed by atoms with Gasteiger partial charge in [0.15, 0.2) is 11.5 Å². The van der Waals surface area contributed by atoms with E-state index in [1.54, 1.807) is 18.2 Å². The van der Waals surface area contributed by atoms with Crippen molar-refractivity contribution < 1.29 is 19.0 Å². The lowest BCUT2D eigenvalue weighted by Gasteiger charge is -2.12. The van der Waals surface area contributed by atoms with E-state index >= 15 is 0 Å². The first kappa shape index (κ1) is 19.6. The standard InChI is InChI=1S/C18H20BrN3O4/c1-11-7-13(5-6-14(11)19)21-18(23)22-20-10-12-8-15(24-2)17(26-4)16(9-12)25-3/h5-10H,1-4H3,(H2,21,22,23)/b20-10+. The highest BCUT2D eigenvalue weighted by Crippen LogP contribution is 2.37. The molecule has 0 unspecified atom stereocenters. The number of urea groups is 1. The number of rotatable bonds is 6. The number of hydrazone groups is 1. The van der Waals surface area contributed by atoms with Gasteiger partial charge in [0.25, 0.3) is 0 Å². The van der Waals surface area contributed by atoms with Gasteiger partial charge in [-0.1, -0.05) is 15.9 Å². The first-order valence-corrected chi connectivity index (χ1v) is 8.44. The smallest absolute Gasteiger partial charge is 0.339 e. The number of amides is 2. The molecule has 2 aromatic carbocycles. The lowest BCUT2D eigenvalue weighted by atomic mass is 10.2. The third kappa shape index (κ3) is 4.89. The Hall–Kier alpha value is -2.74. The number of nitrogens with one attached hydrogen (secondary N) is 2. The van der Waals surface area contributed by atoms with E-state index in [1.165, 1.54) is 27.5 Å². The van der Waals surface area contributed by atoms with Crippen LogP contribution in [-0.2, 0) is 0 Å². The normalized spacial score (nSPS) is 10.5. The van der Waals surface area contributed by atoms with Gasteiger partial charge in [-0.15, -0.1) is 0 Å². The number of carbonyl (C=O) groups is 1. The number of carbonyl (C=O) groups excluding carboxylic acids is 1. The third-order valence-corrected chi connectivity index (χ3v) is 4.37. The van der Waals surface area contributed by atoms with Crippen molar-refractivity contribution in [1.29, 1.82) is 0 Å². The Kier molecular flexibility index (Phi) is 6.85. The summed E-state index contributed by atoms with van der Waals surface area (Å²) in [5, 5.41) is 6.64. The zero-order chi connectivity index (χ0) is 19.1. The van der Waals surface area contributed by atoms with E-state index in [1.807, 2.05) is 19.1 Å². The number of nitrogens with zero attached hydrogens (tertiary/aromatic N) is 1. The SMILES string of the molecule is COc1cc(/C=N/NC(=O)Nc2ccc(Br)c(C)c2)cc(OC)c1OC. The van der Waals surface area contributed by atoms with E-state index in [2.05, 4.69) is 31.8 Å². The molecule has 0 aromatic heterocycles. The molecule has 0 aliphatic rings. The molecule has 7 nitrogen and oxygen atoms in total. The molecule has 26 heavy (non-hydrogen) atoms. The zero-order valence-corrected chi connectivity index (χ0v) is 16.5. The summed E-state index contributed by atoms with van der Waals surface area (Å²) in [4.78, 5) is 11.9. The Morgan fingerprint density at radius 1 is 1.08 bits per heavy atom. The maximum Gasteiger partial charge on any atom is 0.339 e. The topological polar surface area (TPSA) is 81.2 Å². The second-order valence-corrected chi connectivity index (χ2v) is 6.10. The maximum absolute atomic E-state index is 11.9. The largest absolute Gasteiger partial charge is 0.493 e. The summed E-state index contributed by atoms with van der Waals surface area (Å²) >= 11 is 3.42. The number of hydrogen-bond donors (Lipinski definition) is 2. The minimum Gasteiger partial charge on any atom is -0.493 e. The third-order valence-electron chi connectivity index (χ3n) is 3.48. The molecule has 0 atom stereocenters. The summed E-state index contributed by atoms with van der Waals surface area (Å²) in [6.45, 7) is 1.94. The fourth-order valence-electron chi connectivity index (χ4n) is 2.22. The summed E-state index contributed by atoms with van der Waals surface area (Å²) < 4.78 is 16.8. The van der Waals surface area contributed by atoms with E-state index in [-0.39, 0.29) is 0 Å². The minimum absolute atomic E-state index is 0.449. The molecule has 0 saturated heterocycles. The molecule has 0 aliphatic carbocycles. The highest BCUT2D eigenvalue weighted by Gasteiger charge is 2.12. The molecule has 0 radical (unpaired) electrons. The highest BCUT2D eigenvalue weighted by atomic mass is 79.9. The molecule has 0 aliphatic heterocycles. The molecule has 2 aromatic rings. The lowest BCUT2D eigenvalue weighted by Crippen LogP contribution is -2.24. The number of aryl methyl sites for hydroxylation is 1. The first-order valence-electron chi connectivity index (χ1n) is 7.64. The Labute approximate surface area is 160 Å². The van der Waals surface area contributed by atoms with Crippen LogP contribution in [-0.4, -0.2) is 33.6 Å². The molecular formula is C18H20BrN3O4. The molecule has 138 valence electrons. The van der Waals surface area contributed by atoms with Crippen molar-refractivity contribution in [3.63, 3.8) is 0 Å². The van der Waals surface area contributed by atoms with Crippen LogP contribution in [0, 0.1) is 6.92 Å². The van der Waals surface area contributed by atoms with Crippen LogP contribution < -0.4 is 25.0 Å². The van der Waals surface area contributed by atoms with E-state index in [4.69, 9.17) is 14.2 Å². The molecule has 8 heteroatoms. The van der Waals surface area contributed by atoms with E-state index in [0.717, 1.165) is 10.0 Å². The molecule has 0 bridgehead atoms. The first-order chi connectivity index (χ1) is 12.5. The Morgan fingerprint density at radius 3 is 2.27 bits per heavy atom. The number of methoxy groups -OCH3 is 3. The van der Waals surface area contributed by atoms with Crippen molar-refractivity contribution >= 4 is 33.9 Å². The van der Waals surface area contributed by atoms with Gasteiger partial charge in [-0.25, -0.2) is 10.2 Å². The predicted molar refractivity (Wildman–Crippen MR) is 105 cm³/mol. The average molecular weight is 422 g/mol. The number of halogens is 1. The minimum atomic E-state index is -0.449. The second kappa shape index (κ2) is 9.10. The van der Waals surface area contributed by atoms with Crippen LogP contribution in [0.2, 0.25) is 0 Å². The van der Waals surface area contributed by atoms with Crippen LogP contribution in [0.1, 0.15) is 11.1 Å². The molecular weight excluding hydrogens is 402 g/mol. The van der Waals surface area contributed by atoms with Gasteiger partial charge in [-0.2, -0.15) is 5.10 Å². The summed E-state index contributed by atoms with van der Waals surface area (Å²) in [5.74, 6) is 1.50. The Bertz CT molecular complexity index is 799. The van der Waals surface area contributed by atoms with Gasteiger partial charge in [-0.05, 0) is 42.8 Å². The van der Waals surface area contributed by atoms with Gasteiger partial charge in [0.05, 0.1) is 27.5 Å². The van der Waals surface area contributed by atoms with Gasteiger partial charge in [0.2, 0.25) is 5.75 Å². The van der Waals surface area contributed by atoms with Crippen molar-refractivity contribution in [2.45, 2.75) is 6.92 Å². The van der Waals surface area contributed by atoms with Gasteiger partial charge < -0.3 is 19.5 Å². The number of anilines is 1. The van der Waals surface area contributed by atoms with Gasteiger partial charge in [-0.3, -0.25) is 0 Å². The van der Waals surface area contributed by atoms with Crippen LogP contribution in [0.15, 0.2) is 39.9 Å². The fourth-order valence-corrected chi connectivity index (χ4v) is 2.47. The molecule has 2 amide bonds. The summed E-state index contributed by atoms with van der Waals surface area (Å²) in [5.41, 5.74) is 4.78. The average Bonchev–Trinajstić information content (AvgIpc) is 2.63. The molecule has 2 rings (SSSR count). The fraction of sp³-hybridized carbons (Fsp3) is 0.222. The maximum atomic E-state index is 11.9. The molecule has 0 spiro atoms. The Balaban J connectivity index is 2.05. The van der Waals surface area contributed by atoms with Crippen LogP contribution in [0.25, 0.3) is 0 Å². The van der Waals surface area contributed by atoms with Gasteiger partial charge in [0.1, 0.15) is 0 Å². The summed E-state index contributed by atoms with van der Waals surface area (Å²) in [7, 11) is 4.60. The molecule has 0 saturated carbocycles. The zero-order valence-electron chi connectivity index (χ0n) is 14.9. The Morgan fingerprint density at radius 2 is 1.73 bits per heavy atom. The van der Waals surface area contributed by atoms with Crippen molar-refractivity contribution in [1.82, 2.24) is 5.43 Å². The van der Waals surface area contributed by atoms with E-state index in [0.29, 0.717) is 28.5 Å². The van der Waals surface area contributed by atoms with Crippen LogP contribution >= 0.6 is 15.9 Å². The van der Waals surface area contributed by atoms with Crippen molar-refractivity contribution in [3.05, 3.63) is 45.9 Å². The van der Waals surface area contributed by atoms with E-state index in [9.17, 15) is 4.79 Å².